The smallest absolute Gasteiger partial charge is 0.0314 e. The lowest BCUT2D eigenvalue weighted by atomic mass is 10.0. The number of nitrogens with two attached hydrogens (primary N) is 1. The van der Waals surface area contributed by atoms with Crippen LogP contribution in [0.15, 0.2) is 24.3 Å². The molecule has 1 saturated heterocycles. The van der Waals surface area contributed by atoms with Gasteiger partial charge in [-0.2, -0.15) is 0 Å². The fourth-order valence-electron chi connectivity index (χ4n) is 3.28. The van der Waals surface area contributed by atoms with Crippen molar-refractivity contribution in [1.82, 2.24) is 9.80 Å². The van der Waals surface area contributed by atoms with Crippen LogP contribution in [0.5, 0.6) is 0 Å². The summed E-state index contributed by atoms with van der Waals surface area (Å²) in [6, 6.07) is 9.11. The molecule has 1 aliphatic heterocycles. The highest BCUT2D eigenvalue weighted by Gasteiger charge is 2.23. The van der Waals surface area contributed by atoms with E-state index < -0.39 is 0 Å². The van der Waals surface area contributed by atoms with E-state index >= 15 is 0 Å². The standard InChI is InChI=1S/C18H31N3/c1-3-5-12-21(4-2)18-10-13-20(14-11-18)15-16-6-8-17(19)9-7-16/h6-9,18H,3-5,10-15,19H2,1-2H3. The van der Waals surface area contributed by atoms with Gasteiger partial charge in [0.15, 0.2) is 0 Å². The van der Waals surface area contributed by atoms with Crippen LogP contribution < -0.4 is 5.73 Å². The Kier molecular flexibility index (Phi) is 6.52. The molecule has 1 heterocycles. The predicted octanol–water partition coefficient (Wildman–Crippen LogP) is 3.36. The first-order valence-corrected chi connectivity index (χ1v) is 8.53. The molecule has 1 fully saturated rings. The van der Waals surface area contributed by atoms with Gasteiger partial charge in [0.2, 0.25) is 0 Å². The molecule has 1 aliphatic rings. The lowest BCUT2D eigenvalue weighted by Crippen LogP contribution is -2.44. The van der Waals surface area contributed by atoms with E-state index in [0.29, 0.717) is 0 Å². The molecular weight excluding hydrogens is 258 g/mol. The van der Waals surface area contributed by atoms with Crippen LogP contribution in [0, 0.1) is 0 Å². The topological polar surface area (TPSA) is 32.5 Å². The lowest BCUT2D eigenvalue weighted by molar-refractivity contribution is 0.107. The quantitative estimate of drug-likeness (QED) is 0.781. The first-order chi connectivity index (χ1) is 10.2. The van der Waals surface area contributed by atoms with E-state index in [1.807, 2.05) is 12.1 Å². The zero-order valence-corrected chi connectivity index (χ0v) is 13.7. The summed E-state index contributed by atoms with van der Waals surface area (Å²) in [6.45, 7) is 10.6. The van der Waals surface area contributed by atoms with E-state index in [1.54, 1.807) is 0 Å². The van der Waals surface area contributed by atoms with E-state index in [-0.39, 0.29) is 0 Å². The van der Waals surface area contributed by atoms with Gasteiger partial charge >= 0.3 is 0 Å². The summed E-state index contributed by atoms with van der Waals surface area (Å²) in [4.78, 5) is 5.26. The van der Waals surface area contributed by atoms with Crippen molar-refractivity contribution < 1.29 is 0 Å². The highest BCUT2D eigenvalue weighted by Crippen LogP contribution is 2.19. The molecule has 0 spiro atoms. The van der Waals surface area contributed by atoms with Crippen LogP contribution in [0.1, 0.15) is 45.1 Å². The van der Waals surface area contributed by atoms with Crippen LogP contribution in [-0.2, 0) is 6.54 Å². The Bertz CT molecular complexity index is 393. The molecule has 0 saturated carbocycles. The highest BCUT2D eigenvalue weighted by molar-refractivity contribution is 5.39. The van der Waals surface area contributed by atoms with Crippen LogP contribution >= 0.6 is 0 Å². The Morgan fingerprint density at radius 1 is 1.14 bits per heavy atom. The van der Waals surface area contributed by atoms with E-state index in [2.05, 4.69) is 35.8 Å². The van der Waals surface area contributed by atoms with E-state index in [4.69, 9.17) is 5.73 Å². The maximum Gasteiger partial charge on any atom is 0.0314 e. The van der Waals surface area contributed by atoms with Crippen LogP contribution in [-0.4, -0.2) is 42.0 Å². The van der Waals surface area contributed by atoms with Crippen molar-refractivity contribution in [1.29, 1.82) is 0 Å². The van der Waals surface area contributed by atoms with Gasteiger partial charge in [0, 0.05) is 18.3 Å². The summed E-state index contributed by atoms with van der Waals surface area (Å²) in [6.07, 6.45) is 5.25. The average Bonchev–Trinajstić information content (AvgIpc) is 2.52. The monoisotopic (exact) mass is 289 g/mol. The molecule has 0 bridgehead atoms. The molecule has 2 rings (SSSR count). The molecule has 2 N–H and O–H groups in total. The van der Waals surface area contributed by atoms with Gasteiger partial charge in [-0.25, -0.2) is 0 Å². The Balaban J connectivity index is 1.78. The zero-order chi connectivity index (χ0) is 15.1. The van der Waals surface area contributed by atoms with Crippen molar-refractivity contribution in [2.75, 3.05) is 31.9 Å². The fraction of sp³-hybridized carbons (Fsp3) is 0.667. The van der Waals surface area contributed by atoms with Crippen molar-refractivity contribution >= 4 is 5.69 Å². The molecule has 0 aromatic heterocycles. The van der Waals surface area contributed by atoms with Crippen LogP contribution in [0.25, 0.3) is 0 Å². The molecule has 0 radical (unpaired) electrons. The molecule has 118 valence electrons. The van der Waals surface area contributed by atoms with Gasteiger partial charge in [0.25, 0.3) is 0 Å². The summed E-state index contributed by atoms with van der Waals surface area (Å²) < 4.78 is 0. The number of piperidine rings is 1. The first-order valence-electron chi connectivity index (χ1n) is 8.53. The van der Waals surface area contributed by atoms with Gasteiger partial charge in [0.05, 0.1) is 0 Å². The molecule has 21 heavy (non-hydrogen) atoms. The Morgan fingerprint density at radius 3 is 2.38 bits per heavy atom. The van der Waals surface area contributed by atoms with Crippen LogP contribution in [0.4, 0.5) is 5.69 Å². The van der Waals surface area contributed by atoms with E-state index in [9.17, 15) is 0 Å². The van der Waals surface area contributed by atoms with Gasteiger partial charge in [-0.1, -0.05) is 32.4 Å². The van der Waals surface area contributed by atoms with Gasteiger partial charge in [-0.15, -0.1) is 0 Å². The maximum absolute atomic E-state index is 5.75. The normalized spacial score (nSPS) is 17.5. The third-order valence-corrected chi connectivity index (χ3v) is 4.66. The molecule has 3 heteroatoms. The molecular formula is C18H31N3. The first kappa shape index (κ1) is 16.3. The molecule has 3 nitrogen and oxygen atoms in total. The largest absolute Gasteiger partial charge is 0.399 e. The third kappa shape index (κ3) is 5.01. The molecule has 0 aliphatic carbocycles. The van der Waals surface area contributed by atoms with Gasteiger partial charge in [0.1, 0.15) is 0 Å². The molecule has 0 unspecified atom stereocenters. The summed E-state index contributed by atoms with van der Waals surface area (Å²) in [5.74, 6) is 0. The summed E-state index contributed by atoms with van der Waals surface area (Å²) >= 11 is 0. The maximum atomic E-state index is 5.75. The molecule has 1 aromatic rings. The van der Waals surface area contributed by atoms with Crippen LogP contribution in [0.3, 0.4) is 0 Å². The van der Waals surface area contributed by atoms with Crippen molar-refractivity contribution in [2.45, 2.75) is 52.1 Å². The number of nitrogens with zero attached hydrogens (tertiary/aromatic N) is 2. The predicted molar refractivity (Wildman–Crippen MR) is 91.3 cm³/mol. The minimum absolute atomic E-state index is 0.796. The Labute approximate surface area is 130 Å². The highest BCUT2D eigenvalue weighted by atomic mass is 15.2. The number of hydrogen-bond donors (Lipinski definition) is 1. The summed E-state index contributed by atoms with van der Waals surface area (Å²) in [5.41, 5.74) is 7.98. The minimum atomic E-state index is 0.796. The molecule has 0 atom stereocenters. The summed E-state index contributed by atoms with van der Waals surface area (Å²) in [7, 11) is 0. The second-order valence-corrected chi connectivity index (χ2v) is 6.23. The van der Waals surface area contributed by atoms with Crippen molar-refractivity contribution in [2.24, 2.45) is 0 Å². The van der Waals surface area contributed by atoms with Crippen LogP contribution in [0.2, 0.25) is 0 Å². The second-order valence-electron chi connectivity index (χ2n) is 6.23. The van der Waals surface area contributed by atoms with Gasteiger partial charge < -0.3 is 10.6 Å². The van der Waals surface area contributed by atoms with Gasteiger partial charge in [-0.05, 0) is 63.1 Å². The number of hydrogen-bond acceptors (Lipinski definition) is 3. The number of anilines is 1. The number of nitrogen functional groups attached to an aromatic ring is 1. The molecule has 1 aromatic carbocycles. The number of likely N-dealkylation sites (tertiary alicyclic amines) is 1. The Hall–Kier alpha value is -1.06. The number of unbranched alkanes of at least 4 members (excludes halogenated alkanes) is 1. The minimum Gasteiger partial charge on any atom is -0.399 e. The second kappa shape index (κ2) is 8.40. The van der Waals surface area contributed by atoms with Crippen molar-refractivity contribution in [3.05, 3.63) is 29.8 Å². The van der Waals surface area contributed by atoms with E-state index in [1.165, 1.54) is 57.4 Å². The molecule has 0 amide bonds. The average molecular weight is 289 g/mol. The zero-order valence-electron chi connectivity index (χ0n) is 13.7. The third-order valence-electron chi connectivity index (χ3n) is 4.66. The van der Waals surface area contributed by atoms with Crippen molar-refractivity contribution in [3.8, 4) is 0 Å². The SMILES string of the molecule is CCCCN(CC)C1CCN(Cc2ccc(N)cc2)CC1. The summed E-state index contributed by atoms with van der Waals surface area (Å²) in [5, 5.41) is 0. The fourth-order valence-corrected chi connectivity index (χ4v) is 3.28. The van der Waals surface area contributed by atoms with E-state index in [0.717, 1.165) is 18.3 Å². The lowest BCUT2D eigenvalue weighted by Gasteiger charge is -2.38. The number of benzene rings is 1. The number of rotatable bonds is 7. The Morgan fingerprint density at radius 2 is 1.81 bits per heavy atom. The van der Waals surface area contributed by atoms with Gasteiger partial charge in [-0.3, -0.25) is 4.90 Å². The van der Waals surface area contributed by atoms with Crippen molar-refractivity contribution in [3.63, 3.8) is 0 Å².